The van der Waals surface area contributed by atoms with Crippen LogP contribution in [0.2, 0.25) is 0 Å². The van der Waals surface area contributed by atoms with Gasteiger partial charge in [-0.3, -0.25) is 19.9 Å². The van der Waals surface area contributed by atoms with Crippen LogP contribution < -0.4 is 20.3 Å². The molecular formula is C27H26N6O5. The van der Waals surface area contributed by atoms with Crippen LogP contribution >= 0.6 is 0 Å². The number of anilines is 2. The second-order valence-corrected chi connectivity index (χ2v) is 9.15. The average molecular weight is 515 g/mol. The number of hydrogen-bond acceptors (Lipinski definition) is 8. The maximum absolute atomic E-state index is 12.1. The topological polar surface area (TPSA) is 130 Å². The molecule has 5 heterocycles. The lowest BCUT2D eigenvalue weighted by atomic mass is 10.00. The molecule has 4 amide bonds. The van der Waals surface area contributed by atoms with Crippen LogP contribution in [0.15, 0.2) is 65.3 Å². The van der Waals surface area contributed by atoms with Crippen molar-refractivity contribution in [3.63, 3.8) is 0 Å². The molecule has 194 valence electrons. The lowest BCUT2D eigenvalue weighted by Crippen LogP contribution is -2.40. The van der Waals surface area contributed by atoms with E-state index in [2.05, 4.69) is 20.6 Å². The van der Waals surface area contributed by atoms with E-state index in [1.165, 1.54) is 0 Å². The molecule has 0 bridgehead atoms. The van der Waals surface area contributed by atoms with Crippen LogP contribution in [-0.2, 0) is 16.9 Å². The van der Waals surface area contributed by atoms with Gasteiger partial charge in [-0.05, 0) is 48.9 Å². The number of fused-ring (bicyclic) bond motifs is 2. The summed E-state index contributed by atoms with van der Waals surface area (Å²) in [5.41, 5.74) is 2.69. The van der Waals surface area contributed by atoms with Gasteiger partial charge in [-0.2, -0.15) is 0 Å². The van der Waals surface area contributed by atoms with Crippen molar-refractivity contribution in [1.29, 1.82) is 0 Å². The molecule has 6 rings (SSSR count). The first-order chi connectivity index (χ1) is 18.2. The largest absolute Gasteiger partial charge is 0.497 e. The summed E-state index contributed by atoms with van der Waals surface area (Å²) in [5.74, 6) is 1.42. The SMILES string of the molecule is CN(c1ccncc1)c1ccc2oc(C3(C)NC(=O)NC3=O)cc2n1.COc1ccc2c(c1)C(=O)N(C)C2. The first kappa shape index (κ1) is 24.8. The third-order valence-corrected chi connectivity index (χ3v) is 6.59. The van der Waals surface area contributed by atoms with Crippen molar-refractivity contribution in [2.75, 3.05) is 26.1 Å². The Morgan fingerprint density at radius 3 is 2.53 bits per heavy atom. The zero-order chi connectivity index (χ0) is 27.0. The van der Waals surface area contributed by atoms with Gasteiger partial charge in [0.25, 0.3) is 11.8 Å². The van der Waals surface area contributed by atoms with Crippen LogP contribution in [0.4, 0.5) is 16.3 Å². The summed E-state index contributed by atoms with van der Waals surface area (Å²) in [7, 11) is 5.30. The Morgan fingerprint density at radius 1 is 1.08 bits per heavy atom. The molecule has 1 unspecified atom stereocenters. The molecule has 0 radical (unpaired) electrons. The zero-order valence-corrected chi connectivity index (χ0v) is 21.3. The minimum atomic E-state index is -1.24. The van der Waals surface area contributed by atoms with Gasteiger partial charge in [0.05, 0.1) is 7.11 Å². The summed E-state index contributed by atoms with van der Waals surface area (Å²) in [6, 6.07) is 14.1. The molecule has 0 aliphatic carbocycles. The monoisotopic (exact) mass is 514 g/mol. The molecule has 1 atom stereocenters. The molecule has 0 saturated carbocycles. The molecule has 1 fully saturated rings. The third-order valence-electron chi connectivity index (χ3n) is 6.59. The van der Waals surface area contributed by atoms with E-state index >= 15 is 0 Å². The minimum Gasteiger partial charge on any atom is -0.497 e. The van der Waals surface area contributed by atoms with Crippen LogP contribution in [0.5, 0.6) is 5.75 Å². The standard InChI is InChI=1S/C17H15N5O3.C10H11NO2/c1-17(15(23)20-16(24)21-17)13-9-11-12(25-13)3-4-14(19-11)22(2)10-5-7-18-8-6-10;1-11-6-7-3-4-8(13-2)5-9(7)10(11)12/h3-9H,1-2H3,(H2,20,21,23,24);3-5H,6H2,1-2H3. The molecule has 2 aliphatic rings. The Balaban J connectivity index is 0.000000190. The molecule has 4 aromatic rings. The number of amides is 4. The number of imide groups is 1. The summed E-state index contributed by atoms with van der Waals surface area (Å²) in [6.45, 7) is 2.30. The number of nitrogens with zero attached hydrogens (tertiary/aromatic N) is 4. The van der Waals surface area contributed by atoms with E-state index in [-0.39, 0.29) is 5.91 Å². The smallest absolute Gasteiger partial charge is 0.322 e. The first-order valence-corrected chi connectivity index (χ1v) is 11.8. The van der Waals surface area contributed by atoms with Crippen molar-refractivity contribution in [2.45, 2.75) is 19.0 Å². The number of benzene rings is 1. The van der Waals surface area contributed by atoms with E-state index in [9.17, 15) is 14.4 Å². The molecule has 38 heavy (non-hydrogen) atoms. The summed E-state index contributed by atoms with van der Waals surface area (Å²) < 4.78 is 10.8. The van der Waals surface area contributed by atoms with Gasteiger partial charge >= 0.3 is 6.03 Å². The van der Waals surface area contributed by atoms with Gasteiger partial charge in [0.2, 0.25) is 0 Å². The Bertz CT molecular complexity index is 1550. The highest BCUT2D eigenvalue weighted by Crippen LogP contribution is 2.31. The number of furan rings is 1. The first-order valence-electron chi connectivity index (χ1n) is 11.8. The van der Waals surface area contributed by atoms with Gasteiger partial charge in [-0.15, -0.1) is 0 Å². The zero-order valence-electron chi connectivity index (χ0n) is 21.3. The Hall–Kier alpha value is -4.93. The van der Waals surface area contributed by atoms with E-state index in [4.69, 9.17) is 9.15 Å². The van der Waals surface area contributed by atoms with Gasteiger partial charge < -0.3 is 24.3 Å². The normalized spacial score (nSPS) is 18.0. The number of pyridine rings is 2. The maximum Gasteiger partial charge on any atom is 0.322 e. The van der Waals surface area contributed by atoms with E-state index in [0.717, 1.165) is 28.4 Å². The molecule has 1 aromatic carbocycles. The van der Waals surface area contributed by atoms with E-state index < -0.39 is 17.5 Å². The van der Waals surface area contributed by atoms with Crippen molar-refractivity contribution in [3.8, 4) is 5.75 Å². The Morgan fingerprint density at radius 2 is 1.84 bits per heavy atom. The van der Waals surface area contributed by atoms with Crippen molar-refractivity contribution in [2.24, 2.45) is 0 Å². The van der Waals surface area contributed by atoms with Crippen LogP contribution in [0.1, 0.15) is 28.6 Å². The molecular weight excluding hydrogens is 488 g/mol. The Kier molecular flexibility index (Phi) is 6.19. The number of carbonyl (C=O) groups is 3. The third kappa shape index (κ3) is 4.38. The van der Waals surface area contributed by atoms with E-state index in [1.54, 1.807) is 56.6 Å². The lowest BCUT2D eigenvalue weighted by molar-refractivity contribution is -0.124. The number of methoxy groups -OCH3 is 1. The van der Waals surface area contributed by atoms with Crippen LogP contribution in [0.3, 0.4) is 0 Å². The highest BCUT2D eigenvalue weighted by atomic mass is 16.5. The lowest BCUT2D eigenvalue weighted by Gasteiger charge is -2.17. The molecule has 11 heteroatoms. The molecule has 2 aliphatic heterocycles. The molecule has 11 nitrogen and oxygen atoms in total. The molecule has 2 N–H and O–H groups in total. The number of nitrogens with one attached hydrogen (secondary N) is 2. The average Bonchev–Trinajstić information content (AvgIpc) is 3.57. The van der Waals surface area contributed by atoms with Crippen LogP contribution in [-0.4, -0.2) is 53.9 Å². The maximum atomic E-state index is 12.1. The molecule has 0 spiro atoms. The number of hydrogen-bond donors (Lipinski definition) is 2. The summed E-state index contributed by atoms with van der Waals surface area (Å²) >= 11 is 0. The van der Waals surface area contributed by atoms with Gasteiger partial charge in [-0.1, -0.05) is 6.07 Å². The number of urea groups is 1. The van der Waals surface area contributed by atoms with Crippen LogP contribution in [0.25, 0.3) is 11.1 Å². The predicted molar refractivity (Wildman–Crippen MR) is 139 cm³/mol. The quantitative estimate of drug-likeness (QED) is 0.397. The number of carbonyl (C=O) groups excluding carboxylic acids is 3. The van der Waals surface area contributed by atoms with Gasteiger partial charge in [-0.25, -0.2) is 9.78 Å². The Labute approximate surface area is 218 Å². The van der Waals surface area contributed by atoms with Crippen molar-refractivity contribution in [3.05, 3.63) is 77.8 Å². The minimum absolute atomic E-state index is 0.0777. The fourth-order valence-corrected chi connectivity index (χ4v) is 4.32. The van der Waals surface area contributed by atoms with Gasteiger partial charge in [0, 0.05) is 50.4 Å². The summed E-state index contributed by atoms with van der Waals surface area (Å²) in [6.07, 6.45) is 3.42. The fraction of sp³-hybridized carbons (Fsp3) is 0.222. The second kappa shape index (κ2) is 9.51. The number of rotatable bonds is 4. The summed E-state index contributed by atoms with van der Waals surface area (Å²) in [5, 5.41) is 4.80. The van der Waals surface area contributed by atoms with Gasteiger partial charge in [0.15, 0.2) is 11.1 Å². The summed E-state index contributed by atoms with van der Waals surface area (Å²) in [4.78, 5) is 47.2. The highest BCUT2D eigenvalue weighted by Gasteiger charge is 2.46. The predicted octanol–water partition coefficient (Wildman–Crippen LogP) is 3.33. The van der Waals surface area contributed by atoms with Gasteiger partial charge in [0.1, 0.15) is 22.8 Å². The second-order valence-electron chi connectivity index (χ2n) is 9.15. The van der Waals surface area contributed by atoms with Crippen molar-refractivity contribution < 1.29 is 23.5 Å². The van der Waals surface area contributed by atoms with Crippen LogP contribution in [0, 0.1) is 0 Å². The fourth-order valence-electron chi connectivity index (χ4n) is 4.32. The molecule has 3 aromatic heterocycles. The number of ether oxygens (including phenoxy) is 1. The van der Waals surface area contributed by atoms with Crippen molar-refractivity contribution >= 4 is 40.5 Å². The number of aromatic nitrogens is 2. The van der Waals surface area contributed by atoms with Crippen molar-refractivity contribution in [1.82, 2.24) is 25.5 Å². The highest BCUT2D eigenvalue weighted by molar-refractivity contribution is 6.07. The van der Waals surface area contributed by atoms with E-state index in [0.29, 0.717) is 23.4 Å². The molecule has 1 saturated heterocycles. The van der Waals surface area contributed by atoms with E-state index in [1.807, 2.05) is 42.3 Å².